The topological polar surface area (TPSA) is 46.6 Å². The highest BCUT2D eigenvalue weighted by atomic mass is 127. The van der Waals surface area contributed by atoms with Crippen LogP contribution in [0.15, 0.2) is 29.7 Å². The molecule has 0 radical (unpaired) electrons. The van der Waals surface area contributed by atoms with Crippen molar-refractivity contribution < 1.29 is 14.3 Å². The number of imide groups is 1. The molecule has 2 amide bonds. The van der Waals surface area contributed by atoms with Gasteiger partial charge in [-0.05, 0) is 80.7 Å². The predicted octanol–water partition coefficient (Wildman–Crippen LogP) is 4.13. The van der Waals surface area contributed by atoms with Gasteiger partial charge in [0, 0.05) is 0 Å². The molecule has 1 aliphatic heterocycles. The summed E-state index contributed by atoms with van der Waals surface area (Å²) in [7, 11) is 0. The molecule has 0 unspecified atom stereocenters. The highest BCUT2D eigenvalue weighted by molar-refractivity contribution is 14.1. The zero-order valence-electron chi connectivity index (χ0n) is 11.8. The normalized spacial score (nSPS) is 15.9. The quantitative estimate of drug-likeness (QED) is 0.239. The molecule has 0 spiro atoms. The Bertz CT molecular complexity index is 729. The van der Waals surface area contributed by atoms with E-state index in [0.717, 1.165) is 35.1 Å². The molecule has 1 aliphatic rings. The van der Waals surface area contributed by atoms with E-state index >= 15 is 0 Å². The molecular formula is C16H11I2NO3S. The molecule has 0 N–H and O–H groups in total. The van der Waals surface area contributed by atoms with Gasteiger partial charge in [-0.3, -0.25) is 14.5 Å². The number of carbonyl (C=O) groups excluding carboxylic acids is 2. The van der Waals surface area contributed by atoms with Crippen LogP contribution in [0.25, 0.3) is 6.08 Å². The van der Waals surface area contributed by atoms with Crippen LogP contribution in [0.3, 0.4) is 0 Å². The average molecular weight is 551 g/mol. The van der Waals surface area contributed by atoms with Gasteiger partial charge >= 0.3 is 0 Å². The summed E-state index contributed by atoms with van der Waals surface area (Å²) in [4.78, 5) is 25.4. The molecule has 23 heavy (non-hydrogen) atoms. The smallest absolute Gasteiger partial charge is 0.294 e. The van der Waals surface area contributed by atoms with Gasteiger partial charge in [-0.15, -0.1) is 6.42 Å². The molecule has 1 aromatic rings. The Kier molecular flexibility index (Phi) is 6.55. The molecular weight excluding hydrogens is 540 g/mol. The van der Waals surface area contributed by atoms with Gasteiger partial charge in [0.1, 0.15) is 12.4 Å². The van der Waals surface area contributed by atoms with Crippen LogP contribution in [0, 0.1) is 19.5 Å². The number of hydrogen-bond acceptors (Lipinski definition) is 4. The Morgan fingerprint density at radius 1 is 1.35 bits per heavy atom. The molecule has 1 heterocycles. The second-order valence-corrected chi connectivity index (χ2v) is 7.70. The van der Waals surface area contributed by atoms with Gasteiger partial charge in [0.25, 0.3) is 11.1 Å². The molecule has 0 bridgehead atoms. The molecule has 1 saturated heterocycles. The first-order valence-corrected chi connectivity index (χ1v) is 9.37. The van der Waals surface area contributed by atoms with Crippen LogP contribution in [0.5, 0.6) is 5.75 Å². The van der Waals surface area contributed by atoms with Gasteiger partial charge in [0.05, 0.1) is 18.6 Å². The highest BCUT2D eigenvalue weighted by Gasteiger charge is 2.34. The minimum absolute atomic E-state index is 0.00853. The number of rotatable bonds is 5. The summed E-state index contributed by atoms with van der Waals surface area (Å²) >= 11 is 5.25. The van der Waals surface area contributed by atoms with Crippen molar-refractivity contribution in [1.82, 2.24) is 4.90 Å². The lowest BCUT2D eigenvalue weighted by molar-refractivity contribution is -0.122. The Hall–Kier alpha value is -0.990. The first kappa shape index (κ1) is 18.4. The zero-order valence-corrected chi connectivity index (χ0v) is 17.0. The fraction of sp³-hybridized carbons (Fsp3) is 0.125. The molecule has 0 atom stereocenters. The van der Waals surface area contributed by atoms with Crippen LogP contribution in [-0.2, 0) is 4.79 Å². The fourth-order valence-electron chi connectivity index (χ4n) is 1.82. The van der Waals surface area contributed by atoms with Crippen molar-refractivity contribution in [2.75, 3.05) is 13.2 Å². The number of amides is 2. The monoisotopic (exact) mass is 551 g/mol. The van der Waals surface area contributed by atoms with E-state index in [4.69, 9.17) is 11.2 Å². The molecule has 0 aromatic heterocycles. The van der Waals surface area contributed by atoms with Gasteiger partial charge in [-0.25, -0.2) is 0 Å². The van der Waals surface area contributed by atoms with Crippen molar-refractivity contribution in [1.29, 1.82) is 0 Å². The first-order valence-electron chi connectivity index (χ1n) is 6.39. The Morgan fingerprint density at radius 3 is 2.57 bits per heavy atom. The minimum atomic E-state index is -0.352. The van der Waals surface area contributed by atoms with E-state index in [1.807, 2.05) is 12.1 Å². The number of benzene rings is 1. The van der Waals surface area contributed by atoms with E-state index in [9.17, 15) is 9.59 Å². The SMILES string of the molecule is C#CCN1C(=O)S/C(=C/c2cc(I)c(OCC=C)c(I)c2)C1=O. The number of hydrogen-bond donors (Lipinski definition) is 0. The molecule has 1 fully saturated rings. The summed E-state index contributed by atoms with van der Waals surface area (Å²) in [5, 5.41) is -0.338. The maximum absolute atomic E-state index is 12.2. The maximum atomic E-state index is 12.2. The van der Waals surface area contributed by atoms with Crippen LogP contribution >= 0.6 is 56.9 Å². The predicted molar refractivity (Wildman–Crippen MR) is 109 cm³/mol. The Morgan fingerprint density at radius 2 is 2.00 bits per heavy atom. The van der Waals surface area contributed by atoms with Crippen molar-refractivity contribution in [3.63, 3.8) is 0 Å². The van der Waals surface area contributed by atoms with Gasteiger partial charge in [0.15, 0.2) is 0 Å². The van der Waals surface area contributed by atoms with Crippen molar-refractivity contribution in [2.24, 2.45) is 0 Å². The number of terminal acetylenes is 1. The van der Waals surface area contributed by atoms with Crippen LogP contribution < -0.4 is 4.74 Å². The van der Waals surface area contributed by atoms with Gasteiger partial charge < -0.3 is 4.74 Å². The third kappa shape index (κ3) is 4.30. The van der Waals surface area contributed by atoms with Gasteiger partial charge in [-0.1, -0.05) is 18.6 Å². The number of ether oxygens (including phenoxy) is 1. The average Bonchev–Trinajstić information content (AvgIpc) is 2.74. The van der Waals surface area contributed by atoms with E-state index in [1.165, 1.54) is 0 Å². The fourth-order valence-corrected chi connectivity index (χ4v) is 4.79. The number of carbonyl (C=O) groups is 2. The Balaban J connectivity index is 2.30. The summed E-state index contributed by atoms with van der Waals surface area (Å²) in [6, 6.07) is 3.80. The second kappa shape index (κ2) is 8.21. The van der Waals surface area contributed by atoms with Crippen LogP contribution in [0.2, 0.25) is 0 Å². The van der Waals surface area contributed by atoms with Crippen molar-refractivity contribution in [3.8, 4) is 18.1 Å². The zero-order chi connectivity index (χ0) is 17.0. The van der Waals surface area contributed by atoms with Crippen LogP contribution in [0.1, 0.15) is 5.56 Å². The maximum Gasteiger partial charge on any atom is 0.294 e. The summed E-state index contributed by atoms with van der Waals surface area (Å²) in [5.74, 6) is 2.75. The van der Waals surface area contributed by atoms with Crippen LogP contribution in [-0.4, -0.2) is 29.2 Å². The van der Waals surface area contributed by atoms with Crippen molar-refractivity contribution in [2.45, 2.75) is 0 Å². The summed E-state index contributed by atoms with van der Waals surface area (Å²) in [5.41, 5.74) is 0.830. The lowest BCUT2D eigenvalue weighted by Crippen LogP contribution is -2.28. The van der Waals surface area contributed by atoms with E-state index in [2.05, 4.69) is 57.7 Å². The summed E-state index contributed by atoms with van der Waals surface area (Å²) in [6.07, 6.45) is 8.56. The first-order chi connectivity index (χ1) is 11.0. The van der Waals surface area contributed by atoms with E-state index in [-0.39, 0.29) is 17.7 Å². The third-order valence-electron chi connectivity index (χ3n) is 2.79. The number of nitrogens with zero attached hydrogens (tertiary/aromatic N) is 1. The molecule has 0 aliphatic carbocycles. The lowest BCUT2D eigenvalue weighted by atomic mass is 10.2. The van der Waals surface area contributed by atoms with E-state index in [0.29, 0.717) is 11.5 Å². The molecule has 4 nitrogen and oxygen atoms in total. The standard InChI is InChI=1S/C16H11I2NO3S/c1-3-5-19-15(20)13(23-16(19)21)9-10-7-11(17)14(12(18)8-10)22-6-4-2/h1,4,7-9H,2,5-6H2/b13-9+. The van der Waals surface area contributed by atoms with Gasteiger partial charge in [0.2, 0.25) is 0 Å². The number of thioether (sulfide) groups is 1. The summed E-state index contributed by atoms with van der Waals surface area (Å²) in [6.45, 7) is 4.05. The van der Waals surface area contributed by atoms with Crippen molar-refractivity contribution in [3.05, 3.63) is 42.4 Å². The molecule has 7 heteroatoms. The molecule has 2 rings (SSSR count). The molecule has 118 valence electrons. The highest BCUT2D eigenvalue weighted by Crippen LogP contribution is 2.34. The minimum Gasteiger partial charge on any atom is -0.487 e. The van der Waals surface area contributed by atoms with Crippen molar-refractivity contribution >= 4 is 74.2 Å². The Labute approximate surface area is 166 Å². The van der Waals surface area contributed by atoms with Gasteiger partial charge in [-0.2, -0.15) is 0 Å². The van der Waals surface area contributed by atoms with Crippen LogP contribution in [0.4, 0.5) is 4.79 Å². The third-order valence-corrected chi connectivity index (χ3v) is 5.30. The number of halogens is 2. The second-order valence-electron chi connectivity index (χ2n) is 4.39. The molecule has 0 saturated carbocycles. The lowest BCUT2D eigenvalue weighted by Gasteiger charge is -2.10. The molecule has 1 aromatic carbocycles. The van der Waals surface area contributed by atoms with E-state index in [1.54, 1.807) is 12.2 Å². The van der Waals surface area contributed by atoms with E-state index < -0.39 is 0 Å². The largest absolute Gasteiger partial charge is 0.487 e. The summed E-state index contributed by atoms with van der Waals surface area (Å²) < 4.78 is 7.46.